The maximum Gasteiger partial charge on any atom is 0.353 e. The van der Waals surface area contributed by atoms with E-state index in [2.05, 4.69) is 5.16 Å². The predicted molar refractivity (Wildman–Crippen MR) is 123 cm³/mol. The molecule has 0 N–H and O–H groups in total. The molecule has 0 aliphatic carbocycles. The molecule has 1 unspecified atom stereocenters. The van der Waals surface area contributed by atoms with Crippen LogP contribution in [0.5, 0.6) is 0 Å². The third kappa shape index (κ3) is 4.65. The van der Waals surface area contributed by atoms with E-state index in [-0.39, 0.29) is 46.4 Å². The first kappa shape index (κ1) is 24.8. The molecule has 178 valence electrons. The molecule has 1 atom stereocenters. The number of carbonyl (C=O) groups is 1. The first-order valence-electron chi connectivity index (χ1n) is 10.2. The topological polar surface area (TPSA) is 96.8 Å². The number of nitrogens with zero attached hydrogens (tertiary/aromatic N) is 4. The molecule has 0 radical (unpaired) electrons. The van der Waals surface area contributed by atoms with Gasteiger partial charge in [-0.05, 0) is 43.6 Å². The highest BCUT2D eigenvalue weighted by atomic mass is 35.5. The maximum absolute atomic E-state index is 14.8. The minimum Gasteiger partial charge on any atom is -0.462 e. The van der Waals surface area contributed by atoms with E-state index in [0.29, 0.717) is 10.3 Å². The Hall–Kier alpha value is -2.79. The zero-order valence-corrected chi connectivity index (χ0v) is 20.4. The van der Waals surface area contributed by atoms with Crippen LogP contribution >= 0.6 is 23.8 Å². The quantitative estimate of drug-likeness (QED) is 0.464. The molecule has 2 aromatic rings. The van der Waals surface area contributed by atoms with E-state index in [1.165, 1.54) is 20.2 Å². The van der Waals surface area contributed by atoms with Crippen LogP contribution in [-0.2, 0) is 28.5 Å². The van der Waals surface area contributed by atoms with Gasteiger partial charge in [0, 0.05) is 26.1 Å². The Morgan fingerprint density at radius 2 is 1.91 bits per heavy atom. The lowest BCUT2D eigenvalue weighted by molar-refractivity contribution is -0.173. The van der Waals surface area contributed by atoms with Crippen molar-refractivity contribution in [3.8, 4) is 5.69 Å². The van der Waals surface area contributed by atoms with Crippen molar-refractivity contribution in [1.82, 2.24) is 13.7 Å². The van der Waals surface area contributed by atoms with Gasteiger partial charge in [-0.2, -0.15) is 0 Å². The highest BCUT2D eigenvalue weighted by molar-refractivity contribution is 7.71. The van der Waals surface area contributed by atoms with Crippen molar-refractivity contribution >= 4 is 35.5 Å². The Kier molecular flexibility index (Phi) is 6.94. The largest absolute Gasteiger partial charge is 0.462 e. The average molecular weight is 499 g/mol. The number of carbonyl (C=O) groups excluding carboxylic acids is 1. The second-order valence-corrected chi connectivity index (χ2v) is 9.21. The molecule has 9 nitrogen and oxygen atoms in total. The van der Waals surface area contributed by atoms with Crippen molar-refractivity contribution in [3.05, 3.63) is 54.3 Å². The first-order chi connectivity index (χ1) is 15.4. The lowest BCUT2D eigenvalue weighted by atomic mass is 9.94. The third-order valence-corrected chi connectivity index (χ3v) is 6.15. The summed E-state index contributed by atoms with van der Waals surface area (Å²) in [6, 6.07) is 2.25. The van der Waals surface area contributed by atoms with Gasteiger partial charge in [-0.3, -0.25) is 9.13 Å². The van der Waals surface area contributed by atoms with Gasteiger partial charge in [0.05, 0.1) is 23.0 Å². The molecular formula is C21H24ClFN4O5S. The monoisotopic (exact) mass is 498 g/mol. The molecule has 33 heavy (non-hydrogen) atoms. The second kappa shape index (κ2) is 9.22. The lowest BCUT2D eigenvalue weighted by Crippen LogP contribution is -2.44. The van der Waals surface area contributed by atoms with Gasteiger partial charge >= 0.3 is 17.3 Å². The van der Waals surface area contributed by atoms with E-state index in [0.717, 1.165) is 15.2 Å². The Morgan fingerprint density at radius 1 is 1.30 bits per heavy atom. The number of ether oxygens (including phenoxy) is 1. The summed E-state index contributed by atoms with van der Waals surface area (Å²) in [6.45, 7) is 5.67. The van der Waals surface area contributed by atoms with Gasteiger partial charge in [-0.25, -0.2) is 23.3 Å². The summed E-state index contributed by atoms with van der Waals surface area (Å²) in [7, 11) is 2.77. The zero-order valence-electron chi connectivity index (χ0n) is 18.8. The van der Waals surface area contributed by atoms with Gasteiger partial charge in [-0.1, -0.05) is 30.6 Å². The van der Waals surface area contributed by atoms with E-state index in [4.69, 9.17) is 33.4 Å². The van der Waals surface area contributed by atoms with Crippen molar-refractivity contribution in [2.24, 2.45) is 25.2 Å². The van der Waals surface area contributed by atoms with Crippen LogP contribution in [0.2, 0.25) is 5.02 Å². The number of benzene rings is 1. The van der Waals surface area contributed by atoms with Crippen LogP contribution in [0, 0.1) is 16.5 Å². The minimum absolute atomic E-state index is 0.00969. The standard InChI is InChI=1S/C21H24ClFN4O5S/c1-11(2)10-31-17(28)21(3)7-6-15(24-32-21)12-8-16(14(23)9-13(12)22)27-18(29)25(4)20(33)26(5)19(27)30/h8-9,11H,6-7,10H2,1-5H3. The number of oxime groups is 1. The van der Waals surface area contributed by atoms with E-state index in [1.807, 2.05) is 13.8 Å². The molecular weight excluding hydrogens is 475 g/mol. The molecule has 1 aliphatic heterocycles. The molecule has 0 spiro atoms. The summed E-state index contributed by atoms with van der Waals surface area (Å²) in [5.41, 5.74) is -2.59. The van der Waals surface area contributed by atoms with E-state index in [1.54, 1.807) is 6.92 Å². The van der Waals surface area contributed by atoms with Crippen LogP contribution in [0.25, 0.3) is 5.69 Å². The molecule has 0 fully saturated rings. The summed E-state index contributed by atoms with van der Waals surface area (Å²) in [6.07, 6.45) is 0.511. The summed E-state index contributed by atoms with van der Waals surface area (Å²) in [4.78, 5) is 43.3. The molecule has 3 rings (SSSR count). The molecule has 1 aromatic carbocycles. The van der Waals surface area contributed by atoms with Crippen LogP contribution in [0.1, 0.15) is 39.2 Å². The normalized spacial score (nSPS) is 18.1. The number of aromatic nitrogens is 3. The molecule has 1 aliphatic rings. The van der Waals surface area contributed by atoms with Crippen LogP contribution in [0.15, 0.2) is 26.9 Å². The number of esters is 1. The van der Waals surface area contributed by atoms with Gasteiger partial charge in [0.15, 0.2) is 4.77 Å². The van der Waals surface area contributed by atoms with Crippen LogP contribution in [-0.4, -0.2) is 37.6 Å². The second-order valence-electron chi connectivity index (χ2n) is 8.44. The minimum atomic E-state index is -1.27. The van der Waals surface area contributed by atoms with Crippen molar-refractivity contribution in [2.75, 3.05) is 6.61 Å². The van der Waals surface area contributed by atoms with Crippen LogP contribution < -0.4 is 11.4 Å². The zero-order chi connectivity index (χ0) is 24.7. The van der Waals surface area contributed by atoms with Crippen molar-refractivity contribution < 1.29 is 18.8 Å². The molecule has 1 aromatic heterocycles. The first-order valence-corrected chi connectivity index (χ1v) is 11.0. The maximum atomic E-state index is 14.8. The Balaban J connectivity index is 2.04. The van der Waals surface area contributed by atoms with E-state index < -0.39 is 28.8 Å². The lowest BCUT2D eigenvalue weighted by Gasteiger charge is -2.29. The average Bonchev–Trinajstić information content (AvgIpc) is 2.77. The smallest absolute Gasteiger partial charge is 0.353 e. The summed E-state index contributed by atoms with van der Waals surface area (Å²) in [5, 5.41) is 4.05. The SMILES string of the molecule is CC(C)COC(=O)C1(C)CCC(c2cc(-n3c(=O)n(C)c(=S)n(C)c3=O)c(F)cc2Cl)=NO1. The number of hydrogen-bond acceptors (Lipinski definition) is 7. The highest BCUT2D eigenvalue weighted by Gasteiger charge is 2.41. The summed E-state index contributed by atoms with van der Waals surface area (Å²) in [5.74, 6) is -1.24. The molecule has 0 saturated heterocycles. The molecule has 0 bridgehead atoms. The summed E-state index contributed by atoms with van der Waals surface area (Å²) < 4.78 is 22.9. The number of hydrogen-bond donors (Lipinski definition) is 0. The van der Waals surface area contributed by atoms with E-state index in [9.17, 15) is 18.8 Å². The van der Waals surface area contributed by atoms with Crippen LogP contribution in [0.4, 0.5) is 4.39 Å². The Bertz CT molecular complexity index is 1290. The fourth-order valence-corrected chi connectivity index (χ4v) is 3.64. The predicted octanol–water partition coefficient (Wildman–Crippen LogP) is 2.87. The molecule has 12 heteroatoms. The molecule has 0 amide bonds. The van der Waals surface area contributed by atoms with Gasteiger partial charge in [0.25, 0.3) is 0 Å². The van der Waals surface area contributed by atoms with Gasteiger partial charge < -0.3 is 9.57 Å². The fraction of sp³-hybridized carbons (Fsp3) is 0.476. The van der Waals surface area contributed by atoms with Gasteiger partial charge in [0.1, 0.15) is 5.82 Å². The van der Waals surface area contributed by atoms with E-state index >= 15 is 0 Å². The fourth-order valence-electron chi connectivity index (χ4n) is 3.23. The number of halogens is 2. The van der Waals surface area contributed by atoms with Gasteiger partial charge in [-0.15, -0.1) is 0 Å². The Morgan fingerprint density at radius 3 is 2.42 bits per heavy atom. The summed E-state index contributed by atoms with van der Waals surface area (Å²) >= 11 is 11.3. The van der Waals surface area contributed by atoms with Crippen molar-refractivity contribution in [1.29, 1.82) is 0 Å². The third-order valence-electron chi connectivity index (χ3n) is 5.29. The van der Waals surface area contributed by atoms with Crippen LogP contribution in [0.3, 0.4) is 0 Å². The highest BCUT2D eigenvalue weighted by Crippen LogP contribution is 2.31. The Labute approximate surface area is 199 Å². The van der Waals surface area contributed by atoms with Gasteiger partial charge in [0.2, 0.25) is 5.60 Å². The van der Waals surface area contributed by atoms with Crippen molar-refractivity contribution in [3.63, 3.8) is 0 Å². The molecule has 0 saturated carbocycles. The van der Waals surface area contributed by atoms with Crippen molar-refractivity contribution in [2.45, 2.75) is 39.2 Å². The molecule has 2 heterocycles. The number of rotatable bonds is 5.